The zero-order valence-electron chi connectivity index (χ0n) is 11.6. The first-order chi connectivity index (χ1) is 7.91. The summed E-state index contributed by atoms with van der Waals surface area (Å²) in [5, 5.41) is 0. The summed E-state index contributed by atoms with van der Waals surface area (Å²) in [7, 11) is 0. The van der Waals surface area contributed by atoms with Crippen molar-refractivity contribution in [3.63, 3.8) is 0 Å². The van der Waals surface area contributed by atoms with Crippen LogP contribution in [0.15, 0.2) is 34.9 Å². The third-order valence-corrected chi connectivity index (χ3v) is 3.47. The molecule has 17 heavy (non-hydrogen) atoms. The van der Waals surface area contributed by atoms with Crippen LogP contribution in [-0.4, -0.2) is 5.78 Å². The van der Waals surface area contributed by atoms with E-state index in [-0.39, 0.29) is 0 Å². The van der Waals surface area contributed by atoms with Gasteiger partial charge in [-0.3, -0.25) is 4.79 Å². The number of ketones is 1. The highest BCUT2D eigenvalue weighted by Crippen LogP contribution is 2.29. The molecule has 94 valence electrons. The summed E-state index contributed by atoms with van der Waals surface area (Å²) in [6, 6.07) is 0. The summed E-state index contributed by atoms with van der Waals surface area (Å²) >= 11 is 0. The summed E-state index contributed by atoms with van der Waals surface area (Å²) in [6.07, 6.45) is 5.84. The first-order valence-corrected chi connectivity index (χ1v) is 6.44. The van der Waals surface area contributed by atoms with Crippen molar-refractivity contribution in [1.29, 1.82) is 0 Å². The lowest BCUT2D eigenvalue weighted by atomic mass is 9.92. The smallest absolute Gasteiger partial charge is 0.159 e. The zero-order valence-corrected chi connectivity index (χ0v) is 11.6. The van der Waals surface area contributed by atoms with Crippen LogP contribution in [0.2, 0.25) is 0 Å². The van der Waals surface area contributed by atoms with Crippen LogP contribution in [0, 0.1) is 5.92 Å². The van der Waals surface area contributed by atoms with E-state index >= 15 is 0 Å². The minimum atomic E-state index is 0.332. The Morgan fingerprint density at radius 2 is 2.06 bits per heavy atom. The normalized spacial score (nSPS) is 20.9. The largest absolute Gasteiger partial charge is 0.295 e. The fraction of sp³-hybridized carbons (Fsp3) is 0.562. The van der Waals surface area contributed by atoms with Gasteiger partial charge in [-0.15, -0.1) is 6.58 Å². The Kier molecular flexibility index (Phi) is 4.92. The molecule has 1 aliphatic rings. The fourth-order valence-corrected chi connectivity index (χ4v) is 2.27. The molecular formula is C16H24O. The van der Waals surface area contributed by atoms with Gasteiger partial charge in [-0.1, -0.05) is 29.7 Å². The van der Waals surface area contributed by atoms with Gasteiger partial charge in [-0.05, 0) is 51.5 Å². The monoisotopic (exact) mass is 232 g/mol. The SMILES string of the molecule is C=C(C)CCC1=CCC(=C(C)C)C(=O)C[C@H]1C. The Balaban J connectivity index is 2.83. The summed E-state index contributed by atoms with van der Waals surface area (Å²) in [4.78, 5) is 12.0. The van der Waals surface area contributed by atoms with E-state index in [1.165, 1.54) is 16.7 Å². The maximum atomic E-state index is 12.0. The maximum absolute atomic E-state index is 12.0. The van der Waals surface area contributed by atoms with Crippen molar-refractivity contribution in [2.75, 3.05) is 0 Å². The molecule has 0 saturated heterocycles. The van der Waals surface area contributed by atoms with E-state index in [9.17, 15) is 4.79 Å². The molecule has 1 heteroatoms. The van der Waals surface area contributed by atoms with Gasteiger partial charge in [0.1, 0.15) is 0 Å². The Labute approximate surface area is 105 Å². The van der Waals surface area contributed by atoms with Gasteiger partial charge in [0.05, 0.1) is 0 Å². The van der Waals surface area contributed by atoms with Crippen molar-refractivity contribution in [2.45, 2.75) is 53.4 Å². The molecule has 0 heterocycles. The molecule has 1 rings (SSSR count). The standard InChI is InChI=1S/C16H24O/c1-11(2)6-7-14-8-9-15(12(3)4)16(17)10-13(14)5/h8,13H,1,6-7,9-10H2,2-5H3/t13-/m1/s1. The van der Waals surface area contributed by atoms with Crippen LogP contribution in [0.1, 0.15) is 53.4 Å². The van der Waals surface area contributed by atoms with Crippen molar-refractivity contribution in [3.8, 4) is 0 Å². The molecule has 0 N–H and O–H groups in total. The van der Waals surface area contributed by atoms with Crippen LogP contribution >= 0.6 is 0 Å². The van der Waals surface area contributed by atoms with Gasteiger partial charge < -0.3 is 0 Å². The molecule has 0 aromatic carbocycles. The lowest BCUT2D eigenvalue weighted by Gasteiger charge is -2.13. The second-order valence-electron chi connectivity index (χ2n) is 5.45. The first kappa shape index (κ1) is 14.0. The number of hydrogen-bond donors (Lipinski definition) is 0. The summed E-state index contributed by atoms with van der Waals surface area (Å²) in [5.41, 5.74) is 4.83. The van der Waals surface area contributed by atoms with E-state index < -0.39 is 0 Å². The van der Waals surface area contributed by atoms with Gasteiger partial charge >= 0.3 is 0 Å². The number of Topliss-reactive ketones (excluding diaryl/α,β-unsaturated/α-hetero) is 1. The molecule has 0 aromatic heterocycles. The van der Waals surface area contributed by atoms with Crippen molar-refractivity contribution >= 4 is 5.78 Å². The van der Waals surface area contributed by atoms with Gasteiger partial charge in [-0.25, -0.2) is 0 Å². The quantitative estimate of drug-likeness (QED) is 0.513. The molecule has 0 aromatic rings. The van der Waals surface area contributed by atoms with Crippen LogP contribution in [0.5, 0.6) is 0 Å². The Bertz CT molecular complexity index is 378. The van der Waals surface area contributed by atoms with E-state index in [2.05, 4.69) is 26.5 Å². The molecular weight excluding hydrogens is 208 g/mol. The highest BCUT2D eigenvalue weighted by molar-refractivity contribution is 5.96. The fourth-order valence-electron chi connectivity index (χ4n) is 2.27. The van der Waals surface area contributed by atoms with Crippen LogP contribution in [0.25, 0.3) is 0 Å². The van der Waals surface area contributed by atoms with Gasteiger partial charge in [0.2, 0.25) is 0 Å². The van der Waals surface area contributed by atoms with Crippen molar-refractivity contribution in [2.24, 2.45) is 5.92 Å². The predicted octanol–water partition coefficient (Wildman–Crippen LogP) is 4.60. The van der Waals surface area contributed by atoms with Gasteiger partial charge in [0.25, 0.3) is 0 Å². The van der Waals surface area contributed by atoms with Crippen LogP contribution < -0.4 is 0 Å². The van der Waals surface area contributed by atoms with Crippen molar-refractivity contribution < 1.29 is 4.79 Å². The molecule has 1 nitrogen and oxygen atoms in total. The van der Waals surface area contributed by atoms with Gasteiger partial charge in [0.15, 0.2) is 5.78 Å². The number of carbonyl (C=O) groups excluding carboxylic acids is 1. The Morgan fingerprint density at radius 1 is 1.41 bits per heavy atom. The molecule has 0 saturated carbocycles. The third-order valence-electron chi connectivity index (χ3n) is 3.47. The van der Waals surface area contributed by atoms with E-state index in [4.69, 9.17) is 0 Å². The predicted molar refractivity (Wildman–Crippen MR) is 73.9 cm³/mol. The second-order valence-corrected chi connectivity index (χ2v) is 5.45. The van der Waals surface area contributed by atoms with Crippen LogP contribution in [-0.2, 0) is 4.79 Å². The van der Waals surface area contributed by atoms with Crippen LogP contribution in [0.3, 0.4) is 0 Å². The lowest BCUT2D eigenvalue weighted by Crippen LogP contribution is -2.07. The van der Waals surface area contributed by atoms with Crippen molar-refractivity contribution in [1.82, 2.24) is 0 Å². The minimum absolute atomic E-state index is 0.332. The van der Waals surface area contributed by atoms with E-state index in [0.717, 1.165) is 24.8 Å². The van der Waals surface area contributed by atoms with E-state index in [1.54, 1.807) is 0 Å². The van der Waals surface area contributed by atoms with Crippen LogP contribution in [0.4, 0.5) is 0 Å². The summed E-state index contributed by atoms with van der Waals surface area (Å²) in [5.74, 6) is 0.720. The molecule has 0 spiro atoms. The molecule has 0 radical (unpaired) electrons. The summed E-state index contributed by atoms with van der Waals surface area (Å²) in [6.45, 7) is 12.2. The molecule has 0 aliphatic heterocycles. The maximum Gasteiger partial charge on any atom is 0.159 e. The molecule has 0 amide bonds. The Morgan fingerprint density at radius 3 is 2.59 bits per heavy atom. The molecule has 1 atom stereocenters. The number of hydrogen-bond acceptors (Lipinski definition) is 1. The topological polar surface area (TPSA) is 17.1 Å². The van der Waals surface area contributed by atoms with E-state index in [1.807, 2.05) is 13.8 Å². The highest BCUT2D eigenvalue weighted by atomic mass is 16.1. The van der Waals surface area contributed by atoms with E-state index in [0.29, 0.717) is 18.1 Å². The number of allylic oxidation sites excluding steroid dienone is 5. The highest BCUT2D eigenvalue weighted by Gasteiger charge is 2.20. The molecule has 1 aliphatic carbocycles. The zero-order chi connectivity index (χ0) is 13.0. The minimum Gasteiger partial charge on any atom is -0.295 e. The Hall–Kier alpha value is -1.11. The molecule has 0 fully saturated rings. The molecule has 0 bridgehead atoms. The average Bonchev–Trinajstić information content (AvgIpc) is 2.34. The molecule has 0 unspecified atom stereocenters. The first-order valence-electron chi connectivity index (χ1n) is 6.44. The second kappa shape index (κ2) is 6.00. The third kappa shape index (κ3) is 3.99. The van der Waals surface area contributed by atoms with Crippen molar-refractivity contribution in [3.05, 3.63) is 34.9 Å². The average molecular weight is 232 g/mol. The number of rotatable bonds is 3. The van der Waals surface area contributed by atoms with Gasteiger partial charge in [0, 0.05) is 6.42 Å². The summed E-state index contributed by atoms with van der Waals surface area (Å²) < 4.78 is 0. The van der Waals surface area contributed by atoms with Gasteiger partial charge in [-0.2, -0.15) is 0 Å². The number of carbonyl (C=O) groups is 1. The lowest BCUT2D eigenvalue weighted by molar-refractivity contribution is -0.116.